The average molecular weight is 631 g/mol. The van der Waals surface area contributed by atoms with Gasteiger partial charge >= 0.3 is 0 Å². The number of anilines is 1. The summed E-state index contributed by atoms with van der Waals surface area (Å²) in [4.78, 5) is 8.95. The Balaban J connectivity index is 1.37. The Labute approximate surface area is 231 Å². The van der Waals surface area contributed by atoms with Gasteiger partial charge in [-0.15, -0.1) is 0 Å². The molecule has 0 bridgehead atoms. The highest BCUT2D eigenvalue weighted by atomic mass is 79.9. The molecule has 3 aromatic heterocycles. The second kappa shape index (κ2) is 10.4. The summed E-state index contributed by atoms with van der Waals surface area (Å²) in [5.41, 5.74) is 2.61. The van der Waals surface area contributed by atoms with Crippen LogP contribution in [-0.2, 0) is 16.6 Å². The number of hydrogen-bond donors (Lipinski definition) is 1. The summed E-state index contributed by atoms with van der Waals surface area (Å²) in [6.45, 7) is 1.23. The van der Waals surface area contributed by atoms with Gasteiger partial charge in [0.2, 0.25) is 10.0 Å². The highest BCUT2D eigenvalue weighted by molar-refractivity contribution is 9.10. The molecule has 0 radical (unpaired) electrons. The van der Waals surface area contributed by atoms with Gasteiger partial charge in [0.1, 0.15) is 10.7 Å². The monoisotopic (exact) mass is 628 g/mol. The minimum atomic E-state index is -3.82. The number of piperidine rings is 1. The Morgan fingerprint density at radius 2 is 1.86 bits per heavy atom. The molecule has 0 atom stereocenters. The van der Waals surface area contributed by atoms with Gasteiger partial charge in [-0.05, 0) is 52.5 Å². The normalized spacial score (nSPS) is 15.4. The van der Waals surface area contributed by atoms with Crippen LogP contribution < -0.4 is 5.32 Å². The van der Waals surface area contributed by atoms with E-state index in [9.17, 15) is 8.42 Å². The fraction of sp³-hybridized carbons (Fsp3) is 0.261. The molecule has 5 rings (SSSR count). The summed E-state index contributed by atoms with van der Waals surface area (Å²) in [6, 6.07) is 8.70. The largest absolute Gasteiger partial charge is 0.366 e. The molecule has 1 aliphatic rings. The molecule has 0 aliphatic carbocycles. The number of rotatable bonds is 6. The van der Waals surface area contributed by atoms with Gasteiger partial charge in [-0.3, -0.25) is 4.98 Å². The van der Waals surface area contributed by atoms with E-state index in [0.717, 1.165) is 21.5 Å². The van der Waals surface area contributed by atoms with E-state index in [1.54, 1.807) is 16.9 Å². The summed E-state index contributed by atoms with van der Waals surface area (Å²) in [6.07, 6.45) is 6.46. The predicted molar refractivity (Wildman–Crippen MR) is 144 cm³/mol. The molecule has 0 unspecified atom stereocenters. The molecule has 1 aliphatic heterocycles. The predicted octanol–water partition coefficient (Wildman–Crippen LogP) is 6.03. The molecule has 36 heavy (non-hydrogen) atoms. The molecule has 0 saturated carbocycles. The molecular weight excluding hydrogens is 611 g/mol. The number of aromatic nitrogens is 4. The molecule has 13 heteroatoms. The van der Waals surface area contributed by atoms with Gasteiger partial charge < -0.3 is 5.32 Å². The zero-order valence-corrected chi connectivity index (χ0v) is 23.4. The molecule has 0 amide bonds. The summed E-state index contributed by atoms with van der Waals surface area (Å²) >= 11 is 21.8. The molecule has 4 aromatic rings. The zero-order valence-electron chi connectivity index (χ0n) is 18.7. The van der Waals surface area contributed by atoms with Gasteiger partial charge in [0.25, 0.3) is 0 Å². The summed E-state index contributed by atoms with van der Waals surface area (Å²) in [7, 11) is -3.82. The Kier molecular flexibility index (Phi) is 7.44. The first-order chi connectivity index (χ1) is 17.3. The lowest BCUT2D eigenvalue weighted by Gasteiger charge is -2.31. The molecule has 1 aromatic carbocycles. The molecule has 0 spiro atoms. The Morgan fingerprint density at radius 1 is 1.08 bits per heavy atom. The van der Waals surface area contributed by atoms with Gasteiger partial charge in [0.05, 0.1) is 25.7 Å². The van der Waals surface area contributed by atoms with E-state index < -0.39 is 10.0 Å². The van der Waals surface area contributed by atoms with Crippen LogP contribution in [0.15, 0.2) is 58.3 Å². The van der Waals surface area contributed by atoms with Gasteiger partial charge in [-0.25, -0.2) is 13.4 Å². The lowest BCUT2D eigenvalue weighted by Crippen LogP contribution is -2.38. The van der Waals surface area contributed by atoms with E-state index in [1.807, 2.05) is 24.4 Å². The van der Waals surface area contributed by atoms with Crippen LogP contribution in [0.1, 0.15) is 30.0 Å². The number of nitrogens with one attached hydrogen (secondary N) is 1. The van der Waals surface area contributed by atoms with E-state index in [4.69, 9.17) is 39.8 Å². The van der Waals surface area contributed by atoms with E-state index in [1.165, 1.54) is 16.4 Å². The fourth-order valence-corrected chi connectivity index (χ4v) is 6.99. The van der Waals surface area contributed by atoms with Crippen molar-refractivity contribution in [3.05, 3.63) is 79.7 Å². The third kappa shape index (κ3) is 4.94. The number of hydrogen-bond acceptors (Lipinski definition) is 6. The SMILES string of the molecule is O=S(=O)(c1ccc(Cl)c(Cl)c1Cl)N1CCC(c2cc(NCc3cccnc3)n3ncc(Br)c3n2)CC1. The molecule has 4 heterocycles. The van der Waals surface area contributed by atoms with Crippen molar-refractivity contribution in [2.75, 3.05) is 18.4 Å². The van der Waals surface area contributed by atoms with Crippen LogP contribution >= 0.6 is 50.7 Å². The van der Waals surface area contributed by atoms with E-state index >= 15 is 0 Å². The van der Waals surface area contributed by atoms with E-state index in [2.05, 4.69) is 31.3 Å². The minimum absolute atomic E-state index is 0.0319. The number of benzene rings is 1. The minimum Gasteiger partial charge on any atom is -0.366 e. The van der Waals surface area contributed by atoms with Crippen LogP contribution in [-0.4, -0.2) is 45.4 Å². The standard InChI is InChI=1S/C23H20BrCl3N6O2S/c24-16-13-30-33-20(29-12-14-2-1-7-28-11-14)10-18(31-23(16)33)15-5-8-32(9-6-15)36(34,35)19-4-3-17(25)21(26)22(19)27/h1-4,7,10-11,13,15,29H,5-6,8-9,12H2. The second-order valence-electron chi connectivity index (χ2n) is 8.36. The molecule has 1 N–H and O–H groups in total. The highest BCUT2D eigenvalue weighted by Crippen LogP contribution is 2.38. The van der Waals surface area contributed by atoms with E-state index in [0.29, 0.717) is 38.1 Å². The van der Waals surface area contributed by atoms with Crippen LogP contribution in [0, 0.1) is 0 Å². The van der Waals surface area contributed by atoms with Gasteiger partial charge in [-0.1, -0.05) is 40.9 Å². The maximum atomic E-state index is 13.3. The van der Waals surface area contributed by atoms with Crippen molar-refractivity contribution in [2.24, 2.45) is 0 Å². The van der Waals surface area contributed by atoms with Crippen molar-refractivity contribution in [1.29, 1.82) is 0 Å². The number of fused-ring (bicyclic) bond motifs is 1. The number of halogens is 4. The topological polar surface area (TPSA) is 92.5 Å². The Hall–Kier alpha value is -1.95. The average Bonchev–Trinajstić information content (AvgIpc) is 3.27. The van der Waals surface area contributed by atoms with E-state index in [-0.39, 0.29) is 25.9 Å². The lowest BCUT2D eigenvalue weighted by molar-refractivity contribution is 0.317. The lowest BCUT2D eigenvalue weighted by atomic mass is 9.94. The Bertz CT molecular complexity index is 1530. The van der Waals surface area contributed by atoms with Gasteiger partial charge in [0.15, 0.2) is 5.65 Å². The maximum absolute atomic E-state index is 13.3. The van der Waals surface area contributed by atoms with Crippen LogP contribution in [0.25, 0.3) is 5.65 Å². The first-order valence-electron chi connectivity index (χ1n) is 11.1. The number of sulfonamides is 1. The summed E-state index contributed by atoms with van der Waals surface area (Å²) < 4.78 is 30.5. The fourth-order valence-electron chi connectivity index (χ4n) is 4.22. The molecule has 1 fully saturated rings. The van der Waals surface area contributed by atoms with Crippen LogP contribution in [0.5, 0.6) is 0 Å². The van der Waals surface area contributed by atoms with Crippen molar-refractivity contribution < 1.29 is 8.42 Å². The summed E-state index contributed by atoms with van der Waals surface area (Å²) in [5, 5.41) is 8.03. The van der Waals surface area contributed by atoms with Crippen LogP contribution in [0.4, 0.5) is 5.82 Å². The first-order valence-corrected chi connectivity index (χ1v) is 14.4. The summed E-state index contributed by atoms with van der Waals surface area (Å²) in [5.74, 6) is 0.869. The third-order valence-electron chi connectivity index (χ3n) is 6.13. The molecule has 188 valence electrons. The smallest absolute Gasteiger partial charge is 0.244 e. The van der Waals surface area contributed by atoms with Crippen molar-refractivity contribution in [2.45, 2.75) is 30.2 Å². The highest BCUT2D eigenvalue weighted by Gasteiger charge is 2.33. The Morgan fingerprint density at radius 3 is 2.58 bits per heavy atom. The van der Waals surface area contributed by atoms with Crippen LogP contribution in [0.3, 0.4) is 0 Å². The van der Waals surface area contributed by atoms with Crippen molar-refractivity contribution in [1.82, 2.24) is 23.9 Å². The molecule has 1 saturated heterocycles. The van der Waals surface area contributed by atoms with Crippen molar-refractivity contribution in [3.8, 4) is 0 Å². The molecule has 8 nitrogen and oxygen atoms in total. The zero-order chi connectivity index (χ0) is 25.4. The third-order valence-corrected chi connectivity index (χ3v) is 10.0. The maximum Gasteiger partial charge on any atom is 0.244 e. The second-order valence-corrected chi connectivity index (χ2v) is 12.3. The van der Waals surface area contributed by atoms with Crippen molar-refractivity contribution in [3.63, 3.8) is 0 Å². The quantitative estimate of drug-likeness (QED) is 0.262. The number of nitrogens with zero attached hydrogens (tertiary/aromatic N) is 5. The molecular formula is C23H20BrCl3N6O2S. The van der Waals surface area contributed by atoms with Gasteiger partial charge in [0, 0.05) is 49.7 Å². The van der Waals surface area contributed by atoms with Gasteiger partial charge in [-0.2, -0.15) is 13.9 Å². The number of pyridine rings is 1. The van der Waals surface area contributed by atoms with Crippen molar-refractivity contribution >= 4 is 72.2 Å². The first kappa shape index (κ1) is 25.7. The van der Waals surface area contributed by atoms with Crippen LogP contribution in [0.2, 0.25) is 15.1 Å².